The monoisotopic (exact) mass is 1850 g/mol. The second kappa shape index (κ2) is 25.8. The normalized spacial score (nSPS) is 19.1. The zero-order valence-electron chi connectivity index (χ0n) is 54.4. The molecule has 0 radical (unpaired) electrons. The number of hydrogen-bond acceptors (Lipinski definition) is 5. The van der Waals surface area contributed by atoms with Gasteiger partial charge in [0.05, 0.1) is 0 Å². The lowest BCUT2D eigenvalue weighted by atomic mass is 9.84. The number of aromatic nitrogens is 1. The van der Waals surface area contributed by atoms with Gasteiger partial charge in [-0.2, -0.15) is 237 Å². The van der Waals surface area contributed by atoms with Crippen molar-refractivity contribution >= 4 is 48.9 Å². The van der Waals surface area contributed by atoms with Gasteiger partial charge >= 0.3 is 144 Å². The van der Waals surface area contributed by atoms with E-state index in [9.17, 15) is 132 Å². The van der Waals surface area contributed by atoms with E-state index < -0.39 is 314 Å². The van der Waals surface area contributed by atoms with Gasteiger partial charge in [-0.25, -0.2) is 15.0 Å². The van der Waals surface area contributed by atoms with E-state index in [0.717, 1.165) is 0 Å². The number of nitrogens with zero attached hydrogens (tertiary/aromatic N) is 3. The molecule has 10 rings (SSSR count). The van der Waals surface area contributed by atoms with Crippen molar-refractivity contribution in [1.29, 1.82) is 0 Å². The summed E-state index contributed by atoms with van der Waals surface area (Å²) in [6, 6.07) is -10.3. The Morgan fingerprint density at radius 1 is 0.217 bits per heavy atom. The Morgan fingerprint density at radius 2 is 0.433 bits per heavy atom. The molecule has 3 atom stereocenters. The summed E-state index contributed by atoms with van der Waals surface area (Å²) in [5, 5.41) is -11.1. The van der Waals surface area contributed by atoms with Gasteiger partial charge in [0.2, 0.25) is 0 Å². The Kier molecular flexibility index (Phi) is 20.0. The molecule has 0 fully saturated rings. The predicted molar refractivity (Wildman–Crippen MR) is 286 cm³/mol. The molecule has 6 nitrogen and oxygen atoms in total. The van der Waals surface area contributed by atoms with Crippen LogP contribution in [0.3, 0.4) is 0 Å². The summed E-state index contributed by atoms with van der Waals surface area (Å²) in [5.41, 5.74) is -34.6. The molecular formula is C60H18F54N6. The molecule has 60 heteroatoms. The zero-order valence-corrected chi connectivity index (χ0v) is 54.4. The van der Waals surface area contributed by atoms with Gasteiger partial charge in [-0.15, -0.1) is 0 Å². The van der Waals surface area contributed by atoms with E-state index in [1.54, 1.807) is 0 Å². The highest BCUT2D eigenvalue weighted by Crippen LogP contribution is 2.68. The van der Waals surface area contributed by atoms with Crippen LogP contribution in [0.15, 0.2) is 87.8 Å². The molecule has 0 saturated carbocycles. The van der Waals surface area contributed by atoms with Crippen molar-refractivity contribution in [1.82, 2.24) is 15.6 Å². The lowest BCUT2D eigenvalue weighted by Crippen LogP contribution is -2.61. The number of fused-ring (bicyclic) bond motifs is 17. The van der Waals surface area contributed by atoms with E-state index in [-0.39, 0.29) is 36.4 Å². The SMILES string of the molecule is FC(F)(F)C(F)(F)C(F)(F)C(F)(F)c1cc2cc3c(cc2cc1C(F)(F)C(F)(F)C(F)(F)C(F)(F)F)C1N=C3NC2NC(/N=c3\[nH]/c(c4cc5cc(C(F)(F)C(F)(F)C(F)(F)C(F)(F)F)c(C(F)(F)C(F)(F)C(F)(F)C(F)(F)F)cc5cc34)=N\1)c1cc3cc(C(F)(F)C(F)(F)C(F)(F)C(F)(F)F)c(C(F)(F)C(F)(F)C(F)(F)C(F)(F)F)cc3cc12. The lowest BCUT2D eigenvalue weighted by molar-refractivity contribution is -0.404. The van der Waals surface area contributed by atoms with E-state index in [4.69, 9.17) is 0 Å². The first-order valence-electron chi connectivity index (χ1n) is 30.1. The Hall–Kier alpha value is -9.11. The van der Waals surface area contributed by atoms with Gasteiger partial charge in [0.25, 0.3) is 0 Å². The number of nitrogens with one attached hydrogen (secondary N) is 3. The van der Waals surface area contributed by atoms with Crippen LogP contribution in [0.5, 0.6) is 0 Å². The number of amidine groups is 1. The van der Waals surface area contributed by atoms with Crippen LogP contribution in [0, 0.1) is 0 Å². The minimum Gasteiger partial charge on any atom is -0.350 e. The highest BCUT2D eigenvalue weighted by atomic mass is 19.5. The molecule has 4 heterocycles. The molecule has 3 aliphatic heterocycles. The Bertz CT molecular complexity index is 5490. The van der Waals surface area contributed by atoms with Gasteiger partial charge in [0, 0.05) is 55.3 Å². The topological polar surface area (TPSA) is 76.9 Å². The van der Waals surface area contributed by atoms with Gasteiger partial charge in [-0.3, -0.25) is 5.32 Å². The molecule has 0 saturated heterocycles. The number of rotatable bonds is 18. The van der Waals surface area contributed by atoms with Crippen LogP contribution in [0.25, 0.3) is 43.1 Å². The maximum absolute atomic E-state index is 16.2. The molecule has 0 aliphatic carbocycles. The van der Waals surface area contributed by atoms with E-state index in [0.29, 0.717) is 0 Å². The summed E-state index contributed by atoms with van der Waals surface area (Å²) in [6.07, 6.45) is -57.4. The van der Waals surface area contributed by atoms with Crippen molar-refractivity contribution in [2.45, 2.75) is 162 Å². The van der Waals surface area contributed by atoms with E-state index >= 15 is 105 Å². The molecule has 0 amide bonds. The first-order chi connectivity index (χ1) is 52.9. The third-order valence-electron chi connectivity index (χ3n) is 18.6. The number of aromatic amines is 1. The quantitative estimate of drug-likeness (QED) is 0.0749. The highest BCUT2D eigenvalue weighted by Gasteiger charge is 2.90. The molecule has 6 aromatic carbocycles. The van der Waals surface area contributed by atoms with Crippen LogP contribution in [-0.2, 0) is 35.5 Å². The van der Waals surface area contributed by atoms with Crippen molar-refractivity contribution < 1.29 is 237 Å². The van der Waals surface area contributed by atoms with Gasteiger partial charge in [-0.1, -0.05) is 0 Å². The van der Waals surface area contributed by atoms with Crippen molar-refractivity contribution in [3.8, 4) is 0 Å². The summed E-state index contributed by atoms with van der Waals surface area (Å²) in [7, 11) is 0. The van der Waals surface area contributed by atoms with Crippen molar-refractivity contribution in [3.05, 3.63) is 139 Å². The van der Waals surface area contributed by atoms with Gasteiger partial charge in [0.1, 0.15) is 29.1 Å². The Morgan fingerprint density at radius 3 is 0.683 bits per heavy atom. The van der Waals surface area contributed by atoms with Crippen LogP contribution in [0.1, 0.15) is 74.1 Å². The summed E-state index contributed by atoms with van der Waals surface area (Å²) in [6.45, 7) is 0. The predicted octanol–water partition coefficient (Wildman–Crippen LogP) is 23.8. The third kappa shape index (κ3) is 12.3. The van der Waals surface area contributed by atoms with Crippen LogP contribution in [-0.4, -0.2) is 119 Å². The van der Waals surface area contributed by atoms with Crippen molar-refractivity contribution in [2.75, 3.05) is 0 Å². The molecule has 6 bridgehead atoms. The maximum atomic E-state index is 16.2. The summed E-state index contributed by atoms with van der Waals surface area (Å²) >= 11 is 0. The van der Waals surface area contributed by atoms with Gasteiger partial charge < -0.3 is 10.3 Å². The average Bonchev–Trinajstić information content (AvgIpc) is 0.910. The number of aliphatic imine (C=N–C) groups is 1. The Labute approximate surface area is 617 Å². The molecule has 3 N–H and O–H groups in total. The minimum atomic E-state index is -8.53. The second-order valence-electron chi connectivity index (χ2n) is 26.0. The molecule has 120 heavy (non-hydrogen) atoms. The fourth-order valence-electron chi connectivity index (χ4n) is 12.1. The molecule has 3 aliphatic rings. The first-order valence-corrected chi connectivity index (χ1v) is 30.1. The number of hydrogen-bond donors (Lipinski definition) is 3. The van der Waals surface area contributed by atoms with E-state index in [2.05, 4.69) is 15.0 Å². The maximum Gasteiger partial charge on any atom is 0.460 e. The summed E-state index contributed by atoms with van der Waals surface area (Å²) in [4.78, 5) is 13.1. The van der Waals surface area contributed by atoms with Gasteiger partial charge in [-0.05, 0) is 116 Å². The molecule has 1 aromatic heterocycles. The number of alkyl halides is 54. The molecular weight excluding hydrogens is 1830 g/mol. The number of H-pyrrole nitrogens is 1. The number of benzene rings is 6. The lowest BCUT2D eigenvalue weighted by Gasteiger charge is -2.38. The van der Waals surface area contributed by atoms with E-state index in [1.165, 1.54) is 0 Å². The van der Waals surface area contributed by atoms with Crippen LogP contribution >= 0.6 is 0 Å². The largest absolute Gasteiger partial charge is 0.460 e. The van der Waals surface area contributed by atoms with Crippen LogP contribution < -0.4 is 21.6 Å². The second-order valence-corrected chi connectivity index (χ2v) is 26.0. The fraction of sp³-hybridized carbons (Fsp3) is 0.450. The van der Waals surface area contributed by atoms with Crippen molar-refractivity contribution in [2.24, 2.45) is 15.0 Å². The molecule has 0 spiro atoms. The molecule has 7 aromatic rings. The van der Waals surface area contributed by atoms with Crippen LogP contribution in [0.4, 0.5) is 237 Å². The van der Waals surface area contributed by atoms with Crippen LogP contribution in [0.2, 0.25) is 0 Å². The average molecular weight is 1850 g/mol. The third-order valence-corrected chi connectivity index (χ3v) is 18.6. The standard InChI is InChI=1S/C60H18F54N6/c61-37(62,43(73,74)49(85,86)55(97,98)99)25-7-13-1-19-20(2-14(13)8-26(25)38(63,64)44(75,76)50(87,88)56(100,101)102)32-115-31(19)118-33-21-3-15-9-27(39(65,66)45(77,78)51(89,90)57(103,104)105)28(40(67,68)46(79,80)52(91,92)58(106,107)108)10-16(15)4-22(21)35(116-33)120-36-24-6-18-12-30(42(71,72)48(83,84)54(95,96)60(112,113)114)29(11-17(18)5-23(24)34(117-36)119-32)41(69,70)47(81,82)53(93,94)59(109,110)111/h1-12,31-32,35,115H,(H,116,118)(H,117,119,120). The highest BCUT2D eigenvalue weighted by molar-refractivity contribution is 6.07. The minimum absolute atomic E-state index is 0.245. The first kappa shape index (κ1) is 93.2. The fourth-order valence-corrected chi connectivity index (χ4v) is 12.1. The smallest absolute Gasteiger partial charge is 0.350 e. The zero-order chi connectivity index (χ0) is 92.6. The Balaban J connectivity index is 1.39. The van der Waals surface area contributed by atoms with E-state index in [1.807, 2.05) is 15.6 Å². The molecule has 3 unspecified atom stereocenters. The van der Waals surface area contributed by atoms with Gasteiger partial charge in [0.15, 0.2) is 6.17 Å². The summed E-state index contributed by atoms with van der Waals surface area (Å²) < 4.78 is 794. The van der Waals surface area contributed by atoms with Crippen molar-refractivity contribution in [3.63, 3.8) is 0 Å². The number of halogens is 54. The molecule has 666 valence electrons. The summed E-state index contributed by atoms with van der Waals surface area (Å²) in [5.74, 6) is -152.